The van der Waals surface area contributed by atoms with Gasteiger partial charge in [0.2, 0.25) is 0 Å². The van der Waals surface area contributed by atoms with Gasteiger partial charge in [-0.05, 0) is 51.8 Å². The van der Waals surface area contributed by atoms with Crippen LogP contribution in [-0.2, 0) is 12.7 Å². The monoisotopic (exact) mass is 359 g/mol. The fraction of sp³-hybridized carbons (Fsp3) is 0.200. The van der Waals surface area contributed by atoms with Crippen molar-refractivity contribution in [2.24, 2.45) is 0 Å². The molecule has 0 bridgehead atoms. The van der Waals surface area contributed by atoms with Crippen molar-refractivity contribution in [2.75, 3.05) is 12.4 Å². The highest BCUT2D eigenvalue weighted by Gasteiger charge is 2.30. The van der Waals surface area contributed by atoms with Gasteiger partial charge in [-0.2, -0.15) is 13.2 Å². The molecule has 2 aromatic carbocycles. The van der Waals surface area contributed by atoms with E-state index in [2.05, 4.69) is 21.2 Å². The summed E-state index contributed by atoms with van der Waals surface area (Å²) in [5.41, 5.74) is 0.897. The summed E-state index contributed by atoms with van der Waals surface area (Å²) in [6, 6.07) is 11.0. The molecule has 0 aliphatic rings. The third-order valence-electron chi connectivity index (χ3n) is 2.91. The van der Waals surface area contributed by atoms with E-state index in [0.29, 0.717) is 16.7 Å². The van der Waals surface area contributed by atoms with Crippen molar-refractivity contribution >= 4 is 21.6 Å². The zero-order valence-corrected chi connectivity index (χ0v) is 12.8. The van der Waals surface area contributed by atoms with Crippen molar-refractivity contribution in [3.63, 3.8) is 0 Å². The fourth-order valence-electron chi connectivity index (χ4n) is 1.81. The average molecular weight is 360 g/mol. The van der Waals surface area contributed by atoms with Crippen LogP contribution in [0, 0.1) is 0 Å². The number of anilines is 1. The number of hydrogen-bond donors (Lipinski definition) is 1. The van der Waals surface area contributed by atoms with E-state index in [4.69, 9.17) is 4.74 Å². The second-order valence-electron chi connectivity index (χ2n) is 4.40. The third-order valence-corrected chi connectivity index (χ3v) is 3.57. The standard InChI is InChI=1S/C15H13BrF3NO/c1-21-12-4-2-3-10(7-12)9-20-14-6-5-11(8-13(14)16)15(17,18)19/h2-8,20H,9H2,1H3. The summed E-state index contributed by atoms with van der Waals surface area (Å²) >= 11 is 3.15. The van der Waals surface area contributed by atoms with Crippen molar-refractivity contribution in [3.05, 3.63) is 58.1 Å². The average Bonchev–Trinajstić information content (AvgIpc) is 2.45. The van der Waals surface area contributed by atoms with Crippen LogP contribution in [0.1, 0.15) is 11.1 Å². The van der Waals surface area contributed by atoms with Crippen LogP contribution in [0.25, 0.3) is 0 Å². The Labute approximate surface area is 129 Å². The maximum atomic E-state index is 12.6. The molecule has 21 heavy (non-hydrogen) atoms. The maximum absolute atomic E-state index is 12.6. The zero-order chi connectivity index (χ0) is 15.5. The second-order valence-corrected chi connectivity index (χ2v) is 5.25. The van der Waals surface area contributed by atoms with Gasteiger partial charge < -0.3 is 10.1 Å². The van der Waals surface area contributed by atoms with E-state index < -0.39 is 11.7 Å². The molecule has 112 valence electrons. The predicted molar refractivity (Wildman–Crippen MR) is 79.5 cm³/mol. The minimum atomic E-state index is -4.34. The van der Waals surface area contributed by atoms with Crippen molar-refractivity contribution < 1.29 is 17.9 Å². The van der Waals surface area contributed by atoms with E-state index in [0.717, 1.165) is 23.4 Å². The number of ether oxygens (including phenoxy) is 1. The number of benzene rings is 2. The van der Waals surface area contributed by atoms with E-state index in [1.165, 1.54) is 6.07 Å². The summed E-state index contributed by atoms with van der Waals surface area (Å²) in [5, 5.41) is 3.09. The molecule has 0 unspecified atom stereocenters. The second kappa shape index (κ2) is 6.39. The molecule has 0 radical (unpaired) electrons. The Kier molecular flexibility index (Phi) is 4.77. The first-order chi connectivity index (χ1) is 9.90. The Hall–Kier alpha value is -1.69. The van der Waals surface area contributed by atoms with Gasteiger partial charge in [0.15, 0.2) is 0 Å². The molecule has 2 aromatic rings. The maximum Gasteiger partial charge on any atom is 0.416 e. The van der Waals surface area contributed by atoms with Gasteiger partial charge >= 0.3 is 6.18 Å². The number of nitrogens with one attached hydrogen (secondary N) is 1. The Morgan fingerprint density at radius 2 is 1.90 bits per heavy atom. The van der Waals surface area contributed by atoms with Crippen LogP contribution in [-0.4, -0.2) is 7.11 Å². The van der Waals surface area contributed by atoms with Gasteiger partial charge in [0.1, 0.15) is 5.75 Å². The molecule has 0 fully saturated rings. The molecule has 0 atom stereocenters. The van der Waals surface area contributed by atoms with Gasteiger partial charge in [-0.15, -0.1) is 0 Å². The lowest BCUT2D eigenvalue weighted by atomic mass is 10.2. The van der Waals surface area contributed by atoms with Gasteiger partial charge in [-0.1, -0.05) is 12.1 Å². The first-order valence-electron chi connectivity index (χ1n) is 6.13. The smallest absolute Gasteiger partial charge is 0.416 e. The summed E-state index contributed by atoms with van der Waals surface area (Å²) in [5.74, 6) is 0.737. The van der Waals surface area contributed by atoms with Crippen LogP contribution in [0.3, 0.4) is 0 Å². The minimum Gasteiger partial charge on any atom is -0.497 e. The largest absolute Gasteiger partial charge is 0.497 e. The van der Waals surface area contributed by atoms with Crippen molar-refractivity contribution in [1.82, 2.24) is 0 Å². The van der Waals surface area contributed by atoms with Gasteiger partial charge in [0.05, 0.1) is 12.7 Å². The van der Waals surface area contributed by atoms with Crippen molar-refractivity contribution in [2.45, 2.75) is 12.7 Å². The van der Waals surface area contributed by atoms with Crippen LogP contribution >= 0.6 is 15.9 Å². The normalized spacial score (nSPS) is 11.3. The van der Waals surface area contributed by atoms with Gasteiger partial charge in [0.25, 0.3) is 0 Å². The summed E-state index contributed by atoms with van der Waals surface area (Å²) in [6.45, 7) is 0.487. The molecule has 6 heteroatoms. The highest BCUT2D eigenvalue weighted by molar-refractivity contribution is 9.10. The molecule has 0 aliphatic heterocycles. The van der Waals surface area contributed by atoms with Crippen molar-refractivity contribution in [1.29, 1.82) is 0 Å². The topological polar surface area (TPSA) is 21.3 Å². The van der Waals surface area contributed by atoms with Gasteiger partial charge in [-0.25, -0.2) is 0 Å². The molecule has 0 aromatic heterocycles. The molecule has 2 rings (SSSR count). The Morgan fingerprint density at radius 3 is 2.52 bits per heavy atom. The van der Waals surface area contributed by atoms with Crippen molar-refractivity contribution in [3.8, 4) is 5.75 Å². The molecule has 0 spiro atoms. The lowest BCUT2D eigenvalue weighted by molar-refractivity contribution is -0.137. The van der Waals surface area contributed by atoms with E-state index >= 15 is 0 Å². The molecular weight excluding hydrogens is 347 g/mol. The lowest BCUT2D eigenvalue weighted by Crippen LogP contribution is -2.06. The van der Waals surface area contributed by atoms with Crippen LogP contribution in [0.4, 0.5) is 18.9 Å². The summed E-state index contributed by atoms with van der Waals surface area (Å²) in [7, 11) is 1.58. The van der Waals surface area contributed by atoms with Gasteiger partial charge in [0, 0.05) is 16.7 Å². The molecular formula is C15H13BrF3NO. The summed E-state index contributed by atoms with van der Waals surface area (Å²) in [4.78, 5) is 0. The first-order valence-corrected chi connectivity index (χ1v) is 6.93. The number of hydrogen-bond acceptors (Lipinski definition) is 2. The molecule has 0 saturated heterocycles. The van der Waals surface area contributed by atoms with Crippen LogP contribution in [0.15, 0.2) is 46.9 Å². The predicted octanol–water partition coefficient (Wildman–Crippen LogP) is 5.09. The number of rotatable bonds is 4. The van der Waals surface area contributed by atoms with Gasteiger partial charge in [-0.3, -0.25) is 0 Å². The number of methoxy groups -OCH3 is 1. The number of alkyl halides is 3. The van der Waals surface area contributed by atoms with Crippen LogP contribution < -0.4 is 10.1 Å². The minimum absolute atomic E-state index is 0.375. The van der Waals surface area contributed by atoms with E-state index in [9.17, 15) is 13.2 Å². The third kappa shape index (κ3) is 4.14. The summed E-state index contributed by atoms with van der Waals surface area (Å²) < 4.78 is 43.2. The molecule has 0 aliphatic carbocycles. The molecule has 1 N–H and O–H groups in total. The Morgan fingerprint density at radius 1 is 1.14 bits per heavy atom. The first kappa shape index (κ1) is 15.7. The molecule has 0 amide bonds. The van der Waals surface area contributed by atoms with Crippen LogP contribution in [0.2, 0.25) is 0 Å². The Bertz CT molecular complexity index is 629. The Balaban J connectivity index is 2.10. The SMILES string of the molecule is COc1cccc(CNc2ccc(C(F)(F)F)cc2Br)c1. The highest BCUT2D eigenvalue weighted by Crippen LogP contribution is 2.34. The highest BCUT2D eigenvalue weighted by atomic mass is 79.9. The van der Waals surface area contributed by atoms with E-state index in [1.54, 1.807) is 7.11 Å². The van der Waals surface area contributed by atoms with E-state index in [1.807, 2.05) is 24.3 Å². The zero-order valence-electron chi connectivity index (χ0n) is 11.2. The molecule has 0 saturated carbocycles. The van der Waals surface area contributed by atoms with Crippen LogP contribution in [0.5, 0.6) is 5.75 Å². The molecule has 2 nitrogen and oxygen atoms in total. The molecule has 0 heterocycles. The lowest BCUT2D eigenvalue weighted by Gasteiger charge is -2.12. The fourth-order valence-corrected chi connectivity index (χ4v) is 2.33. The van der Waals surface area contributed by atoms with E-state index in [-0.39, 0.29) is 0 Å². The number of halogens is 4. The quantitative estimate of drug-likeness (QED) is 0.820. The summed E-state index contributed by atoms with van der Waals surface area (Å²) in [6.07, 6.45) is -4.34.